The molecule has 0 spiro atoms. The molecule has 348 valence electrons. The topological polar surface area (TPSA) is 91.5 Å². The summed E-state index contributed by atoms with van der Waals surface area (Å²) in [5, 5.41) is 9.46. The zero-order valence-corrected chi connectivity index (χ0v) is 43.5. The normalized spacial score (nSPS) is 11.1. The molecule has 0 unspecified atom stereocenters. The third-order valence-corrected chi connectivity index (χ3v) is 12.8. The van der Waals surface area contributed by atoms with Gasteiger partial charge >= 0.3 is 0 Å². The van der Waals surface area contributed by atoms with E-state index < -0.39 is 8.80 Å². The minimum absolute atomic E-state index is 0.0487. The quantitative estimate of drug-likeness (QED) is 0.138. The molecule has 0 atom stereocenters. The van der Waals surface area contributed by atoms with Gasteiger partial charge in [0.25, 0.3) is 0 Å². The molecule has 4 aromatic carbocycles. The number of rotatable bonds is 10. The van der Waals surface area contributed by atoms with Crippen LogP contribution in [-0.2, 0) is 12.7 Å². The van der Waals surface area contributed by atoms with E-state index in [2.05, 4.69) is 194 Å². The molecule has 8 rings (SSSR count). The van der Waals surface area contributed by atoms with Crippen molar-refractivity contribution in [2.45, 2.75) is 134 Å². The van der Waals surface area contributed by atoms with Gasteiger partial charge in [-0.05, 0) is 130 Å². The Morgan fingerprint density at radius 3 is 1.09 bits per heavy atom. The fourth-order valence-electron chi connectivity index (χ4n) is 7.78. The number of aliphatic hydroxyl groups is 1. The summed E-state index contributed by atoms with van der Waals surface area (Å²) in [6.07, 6.45) is 15.6. The van der Waals surface area contributed by atoms with Crippen LogP contribution < -0.4 is 0 Å². The van der Waals surface area contributed by atoms with Gasteiger partial charge in [0.2, 0.25) is 0 Å². The number of benzene rings is 4. The number of hydrogen-bond acceptors (Lipinski definition) is 5. The first-order chi connectivity index (χ1) is 31.3. The van der Waals surface area contributed by atoms with Gasteiger partial charge in [0.15, 0.2) is 0 Å². The smallest absolute Gasteiger partial charge is 0.0995 e. The van der Waals surface area contributed by atoms with Crippen LogP contribution in [0.3, 0.4) is 0 Å². The third kappa shape index (κ3) is 14.0. The van der Waals surface area contributed by atoms with Crippen molar-refractivity contribution < 1.29 is 5.11 Å². The number of aryl methyl sites for hydroxylation is 7. The highest BCUT2D eigenvalue weighted by Crippen LogP contribution is 2.25. The molecule has 1 N–H and O–H groups in total. The molecule has 0 bridgehead atoms. The highest BCUT2D eigenvalue weighted by Gasteiger charge is 2.11. The van der Waals surface area contributed by atoms with E-state index in [-0.39, 0.29) is 6.61 Å². The minimum Gasteiger partial charge on any atom is -0.392 e. The molecule has 0 saturated heterocycles. The van der Waals surface area contributed by atoms with Crippen molar-refractivity contribution >= 4 is 8.80 Å². The lowest BCUT2D eigenvalue weighted by Crippen LogP contribution is -2.09. The maximum Gasteiger partial charge on any atom is 0.0995 e. The molecule has 0 amide bonds. The number of imidazole rings is 4. The molecular weight excluding hydrogens is 829 g/mol. The Bertz CT molecular complexity index is 2690. The molecule has 9 nitrogen and oxygen atoms in total. The molecule has 10 heteroatoms. The molecule has 4 heterocycles. The van der Waals surface area contributed by atoms with Crippen LogP contribution >= 0.6 is 0 Å². The molecule has 0 aliphatic heterocycles. The first kappa shape index (κ1) is 50.9. The van der Waals surface area contributed by atoms with Gasteiger partial charge in [0.05, 0.1) is 60.4 Å². The van der Waals surface area contributed by atoms with Crippen LogP contribution in [0, 0.1) is 48.5 Å². The number of aromatic nitrogens is 8. The first-order valence-electron chi connectivity index (χ1n) is 23.4. The molecule has 66 heavy (non-hydrogen) atoms. The predicted octanol–water partition coefficient (Wildman–Crippen LogP) is 13.1. The largest absolute Gasteiger partial charge is 0.392 e. The van der Waals surface area contributed by atoms with E-state index in [1.165, 1.54) is 62.1 Å². The SMILES string of the molecule is Cc1ccc(-n2cnc(C)c2)c(C[SiH](C)C)c1.Cc1cn(-c2ccc(C(C)C)cc2C)cn1.Cc1cn(-c2ccc(C(C)C)cc2C)cn1.Cc1cn(-c2ccc(C(C)C)cc2CO)cn1. The van der Waals surface area contributed by atoms with Gasteiger partial charge in [-0.3, -0.25) is 0 Å². The van der Waals surface area contributed by atoms with Crippen LogP contribution in [0.2, 0.25) is 13.1 Å². The maximum absolute atomic E-state index is 9.46. The van der Waals surface area contributed by atoms with Crippen molar-refractivity contribution in [3.63, 3.8) is 0 Å². The summed E-state index contributed by atoms with van der Waals surface area (Å²) in [5.41, 5.74) is 19.2. The van der Waals surface area contributed by atoms with Gasteiger partial charge in [0.1, 0.15) is 0 Å². The van der Waals surface area contributed by atoms with Gasteiger partial charge in [-0.15, -0.1) is 0 Å². The minimum atomic E-state index is -0.596. The Morgan fingerprint density at radius 1 is 0.439 bits per heavy atom. The summed E-state index contributed by atoms with van der Waals surface area (Å²) in [6.45, 7) is 32.5. The lowest BCUT2D eigenvalue weighted by molar-refractivity contribution is 0.281. The van der Waals surface area contributed by atoms with Gasteiger partial charge in [-0.1, -0.05) is 109 Å². The van der Waals surface area contributed by atoms with Gasteiger partial charge in [0, 0.05) is 56.2 Å². The Hall–Kier alpha value is -6.10. The molecule has 0 radical (unpaired) electrons. The Kier molecular flexibility index (Phi) is 18.0. The van der Waals surface area contributed by atoms with Crippen LogP contribution in [0.15, 0.2) is 123 Å². The van der Waals surface area contributed by atoms with E-state index in [0.29, 0.717) is 17.8 Å². The van der Waals surface area contributed by atoms with E-state index in [1.807, 2.05) is 63.5 Å². The molecular formula is C56H74N8OSi. The lowest BCUT2D eigenvalue weighted by atomic mass is 10.00. The summed E-state index contributed by atoms with van der Waals surface area (Å²) in [6, 6.07) is 27.4. The van der Waals surface area contributed by atoms with Crippen LogP contribution in [0.5, 0.6) is 0 Å². The highest BCUT2D eigenvalue weighted by molar-refractivity contribution is 6.55. The zero-order chi connectivity index (χ0) is 48.2. The van der Waals surface area contributed by atoms with Crippen molar-refractivity contribution in [2.24, 2.45) is 0 Å². The lowest BCUT2D eigenvalue weighted by Gasteiger charge is -2.12. The van der Waals surface area contributed by atoms with E-state index in [0.717, 1.165) is 34.0 Å². The average Bonchev–Trinajstić information content (AvgIpc) is 4.10. The summed E-state index contributed by atoms with van der Waals surface area (Å²) in [4.78, 5) is 17.0. The van der Waals surface area contributed by atoms with Crippen LogP contribution in [0.1, 0.15) is 127 Å². The summed E-state index contributed by atoms with van der Waals surface area (Å²) in [7, 11) is -0.596. The predicted molar refractivity (Wildman–Crippen MR) is 278 cm³/mol. The number of nitrogens with zero attached hydrogens (tertiary/aromatic N) is 8. The molecule has 0 aliphatic carbocycles. The fourth-order valence-corrected chi connectivity index (χ4v) is 8.99. The van der Waals surface area contributed by atoms with Crippen molar-refractivity contribution in [3.8, 4) is 22.7 Å². The van der Waals surface area contributed by atoms with E-state index in [1.54, 1.807) is 6.33 Å². The number of hydrogen-bond donors (Lipinski definition) is 1. The van der Waals surface area contributed by atoms with E-state index in [9.17, 15) is 5.11 Å². The van der Waals surface area contributed by atoms with Gasteiger partial charge in [-0.2, -0.15) is 0 Å². The van der Waals surface area contributed by atoms with Crippen LogP contribution in [-0.4, -0.2) is 52.1 Å². The monoisotopic (exact) mass is 903 g/mol. The standard InChI is InChI=1S/C14H18N2O.C14H20N2Si.2C14H18N2/c1-10(2)12-4-5-14(13(6-12)8-17)16-7-11(3)15-9-16;1-11-5-6-14(13(7-11)9-17(3)4)16-8-12(2)15-10-16;2*1-10(2)13-5-6-14(11(3)7-13)16-8-12(4)15-9-16/h4-7,9-10,17H,8H2,1-3H3;5-8,10,17H,9H2,1-4H3;2*5-10H,1-4H3. The molecule has 0 saturated carbocycles. The van der Waals surface area contributed by atoms with Crippen molar-refractivity contribution in [1.29, 1.82) is 0 Å². The van der Waals surface area contributed by atoms with Crippen LogP contribution in [0.4, 0.5) is 0 Å². The van der Waals surface area contributed by atoms with Gasteiger partial charge < -0.3 is 23.4 Å². The maximum atomic E-state index is 9.46. The Morgan fingerprint density at radius 2 is 0.773 bits per heavy atom. The second-order valence-corrected chi connectivity index (χ2v) is 22.2. The molecule has 4 aromatic heterocycles. The average molecular weight is 903 g/mol. The Labute approximate surface area is 396 Å². The second kappa shape index (κ2) is 23.4. The second-order valence-electron chi connectivity index (χ2n) is 19.0. The molecule has 0 aliphatic rings. The molecule has 8 aromatic rings. The molecule has 0 fully saturated rings. The van der Waals surface area contributed by atoms with E-state index >= 15 is 0 Å². The first-order valence-corrected chi connectivity index (χ1v) is 26.5. The van der Waals surface area contributed by atoms with Crippen molar-refractivity contribution in [3.05, 3.63) is 190 Å². The van der Waals surface area contributed by atoms with E-state index in [4.69, 9.17) is 0 Å². The van der Waals surface area contributed by atoms with Crippen LogP contribution in [0.25, 0.3) is 22.7 Å². The van der Waals surface area contributed by atoms with Gasteiger partial charge in [-0.25, -0.2) is 19.9 Å². The van der Waals surface area contributed by atoms with Crippen molar-refractivity contribution in [2.75, 3.05) is 0 Å². The summed E-state index contributed by atoms with van der Waals surface area (Å²) < 4.78 is 8.25. The fraction of sp³-hybridized carbons (Fsp3) is 0.357. The highest BCUT2D eigenvalue weighted by atomic mass is 28.3. The summed E-state index contributed by atoms with van der Waals surface area (Å²) in [5.74, 6) is 1.63. The zero-order valence-electron chi connectivity index (χ0n) is 42.3. The Balaban J connectivity index is 0.000000165. The van der Waals surface area contributed by atoms with Crippen molar-refractivity contribution in [1.82, 2.24) is 38.2 Å². The third-order valence-electron chi connectivity index (χ3n) is 11.5. The summed E-state index contributed by atoms with van der Waals surface area (Å²) >= 11 is 0. The number of aliphatic hydroxyl groups excluding tert-OH is 1.